The summed E-state index contributed by atoms with van der Waals surface area (Å²) in [5, 5.41) is 0. The lowest BCUT2D eigenvalue weighted by atomic mass is 9.63. The topological polar surface area (TPSA) is 0 Å². The van der Waals surface area contributed by atoms with Crippen LogP contribution in [0.3, 0.4) is 0 Å². The molecule has 0 nitrogen and oxygen atoms in total. The first kappa shape index (κ1) is 26.6. The summed E-state index contributed by atoms with van der Waals surface area (Å²) in [7, 11) is 0. The summed E-state index contributed by atoms with van der Waals surface area (Å²) >= 11 is 2.28. The van der Waals surface area contributed by atoms with Crippen LogP contribution < -0.4 is 0 Å². The Bertz CT molecular complexity index is 569. The van der Waals surface area contributed by atoms with Crippen molar-refractivity contribution in [1.29, 1.82) is 0 Å². The van der Waals surface area contributed by atoms with Gasteiger partial charge in [-0.05, 0) is 99.2 Å². The molecule has 7 unspecified atom stereocenters. The van der Waals surface area contributed by atoms with Crippen LogP contribution in [0.1, 0.15) is 116 Å². The first-order chi connectivity index (χ1) is 16.0. The maximum atomic E-state index is 15.4. The van der Waals surface area contributed by atoms with Crippen molar-refractivity contribution in [3.63, 3.8) is 0 Å². The molecule has 192 valence electrons. The van der Waals surface area contributed by atoms with E-state index in [0.717, 1.165) is 63.2 Å². The van der Waals surface area contributed by atoms with Crippen LogP contribution in [-0.2, 0) is 0 Å². The van der Waals surface area contributed by atoms with Gasteiger partial charge in [-0.25, -0.2) is 13.2 Å². The van der Waals surface area contributed by atoms with E-state index in [9.17, 15) is 4.39 Å². The van der Waals surface area contributed by atoms with Crippen molar-refractivity contribution >= 4 is 22.6 Å². The van der Waals surface area contributed by atoms with Gasteiger partial charge in [0.1, 0.15) is 18.5 Å². The second-order valence-electron chi connectivity index (χ2n) is 12.4. The monoisotopic (exact) mass is 580 g/mol. The molecular formula is C29H48F3I. The lowest BCUT2D eigenvalue weighted by Gasteiger charge is -2.45. The van der Waals surface area contributed by atoms with Crippen molar-refractivity contribution in [1.82, 2.24) is 0 Å². The minimum atomic E-state index is -1.23. The highest BCUT2D eigenvalue weighted by Gasteiger charge is 2.46. The second kappa shape index (κ2) is 12.7. The van der Waals surface area contributed by atoms with Crippen molar-refractivity contribution in [3.05, 3.63) is 0 Å². The van der Waals surface area contributed by atoms with Crippen LogP contribution in [0.5, 0.6) is 0 Å². The molecule has 4 aliphatic rings. The van der Waals surface area contributed by atoms with Crippen LogP contribution in [0, 0.1) is 41.4 Å². The molecule has 4 saturated carbocycles. The molecule has 4 aliphatic carbocycles. The van der Waals surface area contributed by atoms with Gasteiger partial charge in [0.2, 0.25) is 0 Å². The normalized spacial score (nSPS) is 47.4. The number of alkyl halides is 4. The van der Waals surface area contributed by atoms with Crippen LogP contribution in [0.4, 0.5) is 13.2 Å². The molecule has 0 N–H and O–H groups in total. The molecule has 0 aromatic heterocycles. The maximum Gasteiger partial charge on any atom is 0.134 e. The van der Waals surface area contributed by atoms with Crippen molar-refractivity contribution in [2.75, 3.05) is 0 Å². The van der Waals surface area contributed by atoms with Gasteiger partial charge in [-0.3, -0.25) is 0 Å². The first-order valence-corrected chi connectivity index (χ1v) is 15.8. The SMILES string of the molecule is CCCC1CCC(C2CCC(C3CCC(CCC4CCC(I)C(F)C4)CC3)C(F)C2F)CC1. The molecule has 0 aromatic carbocycles. The highest BCUT2D eigenvalue weighted by Crippen LogP contribution is 2.49. The Morgan fingerprint density at radius 3 is 1.52 bits per heavy atom. The van der Waals surface area contributed by atoms with Crippen molar-refractivity contribution in [3.8, 4) is 0 Å². The second-order valence-corrected chi connectivity index (χ2v) is 14.0. The Morgan fingerprint density at radius 1 is 0.576 bits per heavy atom. The fourth-order valence-electron chi connectivity index (χ4n) is 8.28. The lowest BCUT2D eigenvalue weighted by molar-refractivity contribution is -0.0371. The van der Waals surface area contributed by atoms with Crippen LogP contribution in [0.15, 0.2) is 0 Å². The van der Waals surface area contributed by atoms with Crippen molar-refractivity contribution in [2.45, 2.75) is 139 Å². The Labute approximate surface area is 215 Å². The zero-order valence-electron chi connectivity index (χ0n) is 20.9. The number of hydrogen-bond acceptors (Lipinski definition) is 0. The van der Waals surface area contributed by atoms with Crippen molar-refractivity contribution in [2.24, 2.45) is 41.4 Å². The molecule has 4 rings (SSSR count). The van der Waals surface area contributed by atoms with E-state index in [1.54, 1.807) is 0 Å². The Balaban J connectivity index is 1.18. The molecule has 0 amide bonds. The van der Waals surface area contributed by atoms with E-state index in [2.05, 4.69) is 29.5 Å². The quantitative estimate of drug-likeness (QED) is 0.208. The molecule has 0 aliphatic heterocycles. The fourth-order valence-corrected chi connectivity index (χ4v) is 8.93. The Hall–Kier alpha value is 0.520. The number of hydrogen-bond donors (Lipinski definition) is 0. The van der Waals surface area contributed by atoms with Crippen LogP contribution in [0.25, 0.3) is 0 Å². The average molecular weight is 581 g/mol. The number of halogens is 4. The first-order valence-electron chi connectivity index (χ1n) is 14.5. The van der Waals surface area contributed by atoms with Gasteiger partial charge >= 0.3 is 0 Å². The number of rotatable bonds is 7. The van der Waals surface area contributed by atoms with E-state index >= 15 is 8.78 Å². The van der Waals surface area contributed by atoms with E-state index in [1.807, 2.05) is 0 Å². The van der Waals surface area contributed by atoms with E-state index in [1.165, 1.54) is 57.8 Å². The molecule has 0 bridgehead atoms. The average Bonchev–Trinajstić information content (AvgIpc) is 2.83. The largest absolute Gasteiger partial charge is 0.246 e. The molecule has 4 fully saturated rings. The standard InChI is InChI=1S/C29H48F3I/c1-2-3-19-6-11-22(12-7-19)24-15-16-25(29(32)28(24)31)23-13-8-20(9-14-23)4-5-21-10-17-27(33)26(30)18-21/h19-29H,2-18H2,1H3. The van der Waals surface area contributed by atoms with Gasteiger partial charge in [-0.15, -0.1) is 0 Å². The maximum absolute atomic E-state index is 15.4. The predicted molar refractivity (Wildman–Crippen MR) is 141 cm³/mol. The summed E-state index contributed by atoms with van der Waals surface area (Å²) in [6.45, 7) is 2.25. The molecule has 33 heavy (non-hydrogen) atoms. The van der Waals surface area contributed by atoms with Crippen LogP contribution in [-0.4, -0.2) is 22.4 Å². The highest BCUT2D eigenvalue weighted by atomic mass is 127. The summed E-state index contributed by atoms with van der Waals surface area (Å²) in [5.41, 5.74) is 0. The van der Waals surface area contributed by atoms with Gasteiger partial charge in [0.25, 0.3) is 0 Å². The predicted octanol–water partition coefficient (Wildman–Crippen LogP) is 9.82. The molecule has 0 aromatic rings. The Kier molecular flexibility index (Phi) is 10.2. The smallest absolute Gasteiger partial charge is 0.134 e. The summed E-state index contributed by atoms with van der Waals surface area (Å²) in [4.78, 5) is 0. The molecule has 0 radical (unpaired) electrons. The minimum absolute atomic E-state index is 0.0212. The third-order valence-corrected chi connectivity index (χ3v) is 11.8. The molecule has 0 spiro atoms. The molecular weight excluding hydrogens is 532 g/mol. The van der Waals surface area contributed by atoms with Gasteiger partial charge in [0.15, 0.2) is 0 Å². The van der Waals surface area contributed by atoms with Gasteiger partial charge < -0.3 is 0 Å². The van der Waals surface area contributed by atoms with E-state index in [4.69, 9.17) is 0 Å². The lowest BCUT2D eigenvalue weighted by Crippen LogP contribution is -2.45. The zero-order chi connectivity index (χ0) is 23.4. The van der Waals surface area contributed by atoms with Crippen LogP contribution in [0.2, 0.25) is 0 Å². The van der Waals surface area contributed by atoms with Gasteiger partial charge in [-0.1, -0.05) is 80.9 Å². The zero-order valence-corrected chi connectivity index (χ0v) is 23.0. The van der Waals surface area contributed by atoms with E-state index in [-0.39, 0.29) is 15.8 Å². The molecule has 4 heteroatoms. The summed E-state index contributed by atoms with van der Waals surface area (Å²) in [6.07, 6.45) is 15.9. The third-order valence-electron chi connectivity index (χ3n) is 10.4. The third kappa shape index (κ3) is 6.85. The van der Waals surface area contributed by atoms with Gasteiger partial charge in [-0.2, -0.15) is 0 Å². The van der Waals surface area contributed by atoms with Gasteiger partial charge in [0.05, 0.1) is 0 Å². The van der Waals surface area contributed by atoms with E-state index in [0.29, 0.717) is 17.8 Å². The summed E-state index contributed by atoms with van der Waals surface area (Å²) < 4.78 is 45.0. The minimum Gasteiger partial charge on any atom is -0.246 e. The van der Waals surface area contributed by atoms with Crippen LogP contribution >= 0.6 is 22.6 Å². The highest BCUT2D eigenvalue weighted by molar-refractivity contribution is 14.1. The Morgan fingerprint density at radius 2 is 1.03 bits per heavy atom. The molecule has 0 heterocycles. The van der Waals surface area contributed by atoms with E-state index < -0.39 is 18.5 Å². The summed E-state index contributed by atoms with van der Waals surface area (Å²) in [6, 6.07) is 0. The summed E-state index contributed by atoms with van der Waals surface area (Å²) in [5.74, 6) is 2.88. The molecule has 7 atom stereocenters. The fraction of sp³-hybridized carbons (Fsp3) is 1.00. The van der Waals surface area contributed by atoms with Gasteiger partial charge in [0, 0.05) is 3.92 Å². The van der Waals surface area contributed by atoms with Crippen molar-refractivity contribution < 1.29 is 13.2 Å². The molecule has 0 saturated heterocycles.